The van der Waals surface area contributed by atoms with Crippen LogP contribution in [-0.4, -0.2) is 35.8 Å². The second-order valence-electron chi connectivity index (χ2n) is 7.66. The lowest BCUT2D eigenvalue weighted by Crippen LogP contribution is -2.49. The molecular weight excluding hydrogens is 368 g/mol. The number of ketones is 1. The van der Waals surface area contributed by atoms with Crippen LogP contribution in [-0.2, 0) is 9.59 Å². The van der Waals surface area contributed by atoms with Gasteiger partial charge in [0.05, 0.1) is 0 Å². The van der Waals surface area contributed by atoms with Gasteiger partial charge >= 0.3 is 0 Å². The summed E-state index contributed by atoms with van der Waals surface area (Å²) < 4.78 is 0.994. The first kappa shape index (κ1) is 17.4. The molecule has 1 aromatic rings. The summed E-state index contributed by atoms with van der Waals surface area (Å²) in [6, 6.07) is 7.95. The Morgan fingerprint density at radius 2 is 1.75 bits per heavy atom. The molecule has 0 aromatic heterocycles. The molecule has 1 aromatic carbocycles. The van der Waals surface area contributed by atoms with Crippen LogP contribution in [0.4, 0.5) is 0 Å². The Morgan fingerprint density at radius 1 is 1.12 bits per heavy atom. The van der Waals surface area contributed by atoms with Crippen LogP contribution in [0.1, 0.15) is 44.6 Å². The van der Waals surface area contributed by atoms with E-state index in [1.54, 1.807) is 10.0 Å². The van der Waals surface area contributed by atoms with E-state index in [0.717, 1.165) is 27.7 Å². The van der Waals surface area contributed by atoms with Crippen molar-refractivity contribution in [3.05, 3.63) is 45.6 Å². The van der Waals surface area contributed by atoms with Gasteiger partial charge in [-0.15, -0.1) is 0 Å². The zero-order chi connectivity index (χ0) is 17.6. The zero-order valence-electron chi connectivity index (χ0n) is 14.6. The van der Waals surface area contributed by atoms with E-state index in [1.807, 2.05) is 38.4 Å². The molecule has 128 valence electrons. The predicted octanol–water partition coefficient (Wildman–Crippen LogP) is 3.88. The molecule has 0 spiro atoms. The van der Waals surface area contributed by atoms with Crippen molar-refractivity contribution < 1.29 is 9.59 Å². The van der Waals surface area contributed by atoms with Crippen molar-refractivity contribution in [1.82, 2.24) is 10.0 Å². The fourth-order valence-corrected chi connectivity index (χ4v) is 4.11. The topological polar surface area (TPSA) is 40.6 Å². The number of carbonyl (C=O) groups excluding carboxylic acids is 2. The molecule has 1 amide bonds. The van der Waals surface area contributed by atoms with Crippen molar-refractivity contribution in [2.24, 2.45) is 5.41 Å². The van der Waals surface area contributed by atoms with Gasteiger partial charge in [0.1, 0.15) is 0 Å². The number of carbonyl (C=O) groups is 2. The minimum absolute atomic E-state index is 0.0529. The third-order valence-corrected chi connectivity index (χ3v) is 5.32. The molecule has 1 atom stereocenters. The summed E-state index contributed by atoms with van der Waals surface area (Å²) in [6.45, 7) is 4.19. The van der Waals surface area contributed by atoms with Crippen molar-refractivity contribution in [1.29, 1.82) is 0 Å². The molecule has 3 rings (SSSR count). The fourth-order valence-electron chi connectivity index (χ4n) is 3.84. The zero-order valence-corrected chi connectivity index (χ0v) is 16.2. The maximum Gasteiger partial charge on any atom is 0.242 e. The number of benzene rings is 1. The molecule has 1 heterocycles. The fraction of sp³-hybridized carbons (Fsp3) is 0.474. The van der Waals surface area contributed by atoms with Gasteiger partial charge in [0.2, 0.25) is 5.91 Å². The van der Waals surface area contributed by atoms with E-state index >= 15 is 0 Å². The highest BCUT2D eigenvalue weighted by atomic mass is 79.9. The van der Waals surface area contributed by atoms with E-state index < -0.39 is 0 Å². The second kappa shape index (κ2) is 6.12. The highest BCUT2D eigenvalue weighted by Crippen LogP contribution is 2.47. The monoisotopic (exact) mass is 390 g/mol. The van der Waals surface area contributed by atoms with Crippen LogP contribution in [0.25, 0.3) is 0 Å². The van der Waals surface area contributed by atoms with E-state index in [4.69, 9.17) is 0 Å². The first-order valence-corrected chi connectivity index (χ1v) is 9.01. The third kappa shape index (κ3) is 3.07. The van der Waals surface area contributed by atoms with Crippen molar-refractivity contribution in [3.63, 3.8) is 0 Å². The Bertz CT molecular complexity index is 719. The number of rotatable bonds is 2. The average Bonchev–Trinajstić information content (AvgIpc) is 2.44. The molecule has 0 N–H and O–H groups in total. The van der Waals surface area contributed by atoms with Crippen LogP contribution >= 0.6 is 15.9 Å². The van der Waals surface area contributed by atoms with Crippen molar-refractivity contribution in [2.75, 3.05) is 14.1 Å². The lowest BCUT2D eigenvalue weighted by Gasteiger charge is -2.44. The summed E-state index contributed by atoms with van der Waals surface area (Å²) in [5, 5.41) is 3.49. The predicted molar refractivity (Wildman–Crippen MR) is 97.1 cm³/mol. The number of allylic oxidation sites excluding steroid dienone is 2. The molecule has 0 saturated carbocycles. The van der Waals surface area contributed by atoms with Crippen LogP contribution < -0.4 is 0 Å². The first-order chi connectivity index (χ1) is 11.2. The minimum atomic E-state index is -0.139. The number of nitrogens with zero attached hydrogens (tertiary/aromatic N) is 2. The summed E-state index contributed by atoms with van der Waals surface area (Å²) in [4.78, 5) is 25.7. The highest BCUT2D eigenvalue weighted by Gasteiger charge is 2.44. The number of amides is 1. The molecule has 4 nitrogen and oxygen atoms in total. The van der Waals surface area contributed by atoms with Gasteiger partial charge < -0.3 is 0 Å². The lowest BCUT2D eigenvalue weighted by atomic mass is 9.69. The van der Waals surface area contributed by atoms with Crippen LogP contribution in [0.3, 0.4) is 0 Å². The van der Waals surface area contributed by atoms with Gasteiger partial charge in [-0.05, 0) is 29.5 Å². The molecule has 1 unspecified atom stereocenters. The largest absolute Gasteiger partial charge is 0.294 e. The Morgan fingerprint density at radius 3 is 2.33 bits per heavy atom. The molecule has 24 heavy (non-hydrogen) atoms. The van der Waals surface area contributed by atoms with E-state index in [9.17, 15) is 9.59 Å². The SMILES string of the molecule is CN(C)N1C(=O)CC(c2ccc(Br)cc2)C2=C1CC(C)(C)CC2=O. The first-order valence-electron chi connectivity index (χ1n) is 8.21. The summed E-state index contributed by atoms with van der Waals surface area (Å²) in [7, 11) is 3.71. The van der Waals surface area contributed by atoms with Crippen LogP contribution in [0.5, 0.6) is 0 Å². The minimum Gasteiger partial charge on any atom is -0.294 e. The molecule has 0 saturated heterocycles. The molecule has 0 bridgehead atoms. The van der Waals surface area contributed by atoms with E-state index in [1.165, 1.54) is 0 Å². The number of hydrogen-bond acceptors (Lipinski definition) is 3. The van der Waals surface area contributed by atoms with Crippen molar-refractivity contribution >= 4 is 27.6 Å². The van der Waals surface area contributed by atoms with Gasteiger partial charge in [0.15, 0.2) is 5.78 Å². The number of Topliss-reactive ketones (excluding diaryl/α,β-unsaturated/α-hetero) is 1. The van der Waals surface area contributed by atoms with E-state index in [-0.39, 0.29) is 23.0 Å². The molecule has 1 aliphatic carbocycles. The van der Waals surface area contributed by atoms with Gasteiger partial charge in [-0.2, -0.15) is 0 Å². The standard InChI is InChI=1S/C19H23BrN2O2/c1-19(2)10-15-18(16(23)11-19)14(9-17(24)22(15)21(3)4)12-5-7-13(20)8-6-12/h5-8,14H,9-11H2,1-4H3. The number of hydrazine groups is 1. The van der Waals surface area contributed by atoms with Crippen LogP contribution in [0, 0.1) is 5.41 Å². The van der Waals surface area contributed by atoms with Crippen LogP contribution in [0.15, 0.2) is 40.0 Å². The van der Waals surface area contributed by atoms with Gasteiger partial charge in [0, 0.05) is 48.6 Å². The normalized spacial score (nSPS) is 23.8. The summed E-state index contributed by atoms with van der Waals surface area (Å²) in [5.41, 5.74) is 2.62. The Balaban J connectivity index is 2.15. The summed E-state index contributed by atoms with van der Waals surface area (Å²) in [5.74, 6) is 0.0890. The maximum absolute atomic E-state index is 12.9. The Hall–Kier alpha value is -1.46. The average molecular weight is 391 g/mol. The molecule has 1 aliphatic heterocycles. The summed E-state index contributed by atoms with van der Waals surface area (Å²) >= 11 is 3.44. The maximum atomic E-state index is 12.9. The molecular formula is C19H23BrN2O2. The lowest BCUT2D eigenvalue weighted by molar-refractivity contribution is -0.143. The molecule has 0 fully saturated rings. The van der Waals surface area contributed by atoms with E-state index in [0.29, 0.717) is 12.8 Å². The molecule has 5 heteroatoms. The number of halogens is 1. The summed E-state index contributed by atoms with van der Waals surface area (Å²) in [6.07, 6.45) is 1.62. The quantitative estimate of drug-likeness (QED) is 0.768. The van der Waals surface area contributed by atoms with Crippen molar-refractivity contribution in [3.8, 4) is 0 Å². The highest BCUT2D eigenvalue weighted by molar-refractivity contribution is 9.10. The molecule has 0 radical (unpaired) electrons. The Labute approximate surface area is 151 Å². The number of hydrogen-bond donors (Lipinski definition) is 0. The second-order valence-corrected chi connectivity index (χ2v) is 8.58. The van der Waals surface area contributed by atoms with Crippen LogP contribution in [0.2, 0.25) is 0 Å². The van der Waals surface area contributed by atoms with Crippen molar-refractivity contribution in [2.45, 2.75) is 39.0 Å². The Kier molecular flexibility index (Phi) is 4.43. The third-order valence-electron chi connectivity index (χ3n) is 4.79. The van der Waals surface area contributed by atoms with Gasteiger partial charge in [-0.1, -0.05) is 41.9 Å². The molecule has 2 aliphatic rings. The van der Waals surface area contributed by atoms with E-state index in [2.05, 4.69) is 29.8 Å². The van der Waals surface area contributed by atoms with Gasteiger partial charge in [0.25, 0.3) is 0 Å². The smallest absolute Gasteiger partial charge is 0.242 e. The van der Waals surface area contributed by atoms with Gasteiger partial charge in [-0.25, -0.2) is 10.0 Å². The van der Waals surface area contributed by atoms with Gasteiger partial charge in [-0.3, -0.25) is 9.59 Å².